The molecule has 2 aromatic carbocycles. The number of fused-ring (bicyclic) bond motifs is 1. The van der Waals surface area contributed by atoms with Crippen LogP contribution in [0, 0.1) is 0 Å². The second kappa shape index (κ2) is 13.1. The molecule has 0 N–H and O–H groups in total. The minimum atomic E-state index is -3.31. The summed E-state index contributed by atoms with van der Waals surface area (Å²) in [7, 11) is -3.31. The van der Waals surface area contributed by atoms with Crippen LogP contribution < -0.4 is 4.74 Å². The quantitative estimate of drug-likeness (QED) is 0.249. The highest BCUT2D eigenvalue weighted by Crippen LogP contribution is 2.41. The van der Waals surface area contributed by atoms with Crippen LogP contribution in [0.15, 0.2) is 66.9 Å². The first kappa shape index (κ1) is 29.1. The maximum atomic E-state index is 12.7. The van der Waals surface area contributed by atoms with E-state index in [0.717, 1.165) is 61.0 Å². The molecule has 1 fully saturated rings. The van der Waals surface area contributed by atoms with Crippen LogP contribution in [-0.2, 0) is 32.5 Å². The average Bonchev–Trinajstić information content (AvgIpc) is 2.97. The lowest BCUT2D eigenvalue weighted by molar-refractivity contribution is -0.0144. The molecule has 0 saturated carbocycles. The third-order valence-corrected chi connectivity index (χ3v) is 9.67. The molecule has 1 aromatic heterocycles. The summed E-state index contributed by atoms with van der Waals surface area (Å²) in [6.45, 7) is 3.99. The Balaban J connectivity index is 1.15. The van der Waals surface area contributed by atoms with Crippen LogP contribution in [0.1, 0.15) is 68.7 Å². The van der Waals surface area contributed by atoms with Crippen molar-refractivity contribution in [2.24, 2.45) is 0 Å². The van der Waals surface area contributed by atoms with Gasteiger partial charge in [-0.25, -0.2) is 13.2 Å². The number of unbranched alkanes of at least 4 members (excludes halogenated alkanes) is 3. The summed E-state index contributed by atoms with van der Waals surface area (Å²) < 4.78 is 37.4. The SMILES string of the molecule is CCCCCCOC(=O)N1CCC2(CCc3cc(-c4ccc(CS(=O)(=O)Cc5ccccn5)cc4)ccc3O2)CC1. The van der Waals surface area contributed by atoms with Gasteiger partial charge in [-0.3, -0.25) is 4.98 Å². The molecule has 0 aliphatic carbocycles. The number of sulfone groups is 1. The Kier molecular flexibility index (Phi) is 9.28. The van der Waals surface area contributed by atoms with Gasteiger partial charge in [0.25, 0.3) is 0 Å². The Morgan fingerprint density at radius 3 is 2.46 bits per heavy atom. The van der Waals surface area contributed by atoms with Crippen molar-refractivity contribution < 1.29 is 22.7 Å². The van der Waals surface area contributed by atoms with Gasteiger partial charge in [-0.1, -0.05) is 62.6 Å². The molecule has 1 amide bonds. The summed E-state index contributed by atoms with van der Waals surface area (Å²) in [5.74, 6) is 0.838. The average molecular weight is 577 g/mol. The zero-order valence-electron chi connectivity index (χ0n) is 23.9. The van der Waals surface area contributed by atoms with Gasteiger partial charge in [-0.15, -0.1) is 0 Å². The number of carbonyl (C=O) groups excluding carboxylic acids is 1. The summed E-state index contributed by atoms with van der Waals surface area (Å²) >= 11 is 0. The Bertz CT molecular complexity index is 1420. The molecular formula is C33H40N2O5S. The van der Waals surface area contributed by atoms with Crippen molar-refractivity contribution in [1.29, 1.82) is 0 Å². The lowest BCUT2D eigenvalue weighted by Crippen LogP contribution is -2.51. The summed E-state index contributed by atoms with van der Waals surface area (Å²) in [5, 5.41) is 0. The first-order valence-corrected chi connectivity index (χ1v) is 16.6. The number of hydrogen-bond donors (Lipinski definition) is 0. The van der Waals surface area contributed by atoms with Crippen LogP contribution in [0.2, 0.25) is 0 Å². The second-order valence-corrected chi connectivity index (χ2v) is 13.4. The highest BCUT2D eigenvalue weighted by atomic mass is 32.2. The molecule has 8 heteroatoms. The summed E-state index contributed by atoms with van der Waals surface area (Å²) in [6, 6.07) is 19.4. The van der Waals surface area contributed by atoms with Crippen molar-refractivity contribution in [2.75, 3.05) is 19.7 Å². The fourth-order valence-corrected chi connectivity index (χ4v) is 7.16. The predicted molar refractivity (Wildman–Crippen MR) is 160 cm³/mol. The van der Waals surface area contributed by atoms with Crippen LogP contribution in [0.5, 0.6) is 5.75 Å². The first-order valence-electron chi connectivity index (χ1n) is 14.8. The highest BCUT2D eigenvalue weighted by Gasteiger charge is 2.40. The second-order valence-electron chi connectivity index (χ2n) is 11.3. The molecule has 0 radical (unpaired) electrons. The molecule has 2 aliphatic rings. The third kappa shape index (κ3) is 7.67. The van der Waals surface area contributed by atoms with Crippen LogP contribution >= 0.6 is 0 Å². The zero-order valence-corrected chi connectivity index (χ0v) is 24.7. The molecule has 0 atom stereocenters. The van der Waals surface area contributed by atoms with Gasteiger partial charge in [0.05, 0.1) is 23.8 Å². The number of carbonyl (C=O) groups is 1. The zero-order chi connectivity index (χ0) is 28.7. The summed E-state index contributed by atoms with van der Waals surface area (Å²) in [5.41, 5.74) is 4.41. The number of piperidine rings is 1. The number of amides is 1. The standard InChI is InChI=1S/C33H40N2O5S/c1-2-3-4-7-22-39-32(36)35-20-17-33(18-21-35)16-15-29-23-28(13-14-31(29)40-33)27-11-9-26(10-12-27)24-41(37,38)25-30-8-5-6-19-34-30/h5-6,8-14,19,23H,2-4,7,15-18,20-22,24-25H2,1H3. The van der Waals surface area contributed by atoms with E-state index in [2.05, 4.69) is 24.0 Å². The minimum Gasteiger partial charge on any atom is -0.487 e. The van der Waals surface area contributed by atoms with E-state index in [1.807, 2.05) is 35.2 Å². The number of aromatic nitrogens is 1. The third-order valence-electron chi connectivity index (χ3n) is 8.16. The first-order chi connectivity index (χ1) is 19.8. The Morgan fingerprint density at radius 2 is 1.73 bits per heavy atom. The Morgan fingerprint density at radius 1 is 0.951 bits per heavy atom. The minimum absolute atomic E-state index is 0.0158. The molecule has 3 aromatic rings. The van der Waals surface area contributed by atoms with Crippen molar-refractivity contribution in [3.8, 4) is 16.9 Å². The molecule has 1 spiro atoms. The van der Waals surface area contributed by atoms with Crippen LogP contribution in [-0.4, -0.2) is 49.7 Å². The molecule has 7 nitrogen and oxygen atoms in total. The fraction of sp³-hybridized carbons (Fsp3) is 0.455. The molecular weight excluding hydrogens is 536 g/mol. The van der Waals surface area contributed by atoms with E-state index >= 15 is 0 Å². The smallest absolute Gasteiger partial charge is 0.409 e. The van der Waals surface area contributed by atoms with Crippen LogP contribution in [0.3, 0.4) is 0 Å². The van der Waals surface area contributed by atoms with E-state index < -0.39 is 9.84 Å². The van der Waals surface area contributed by atoms with E-state index in [9.17, 15) is 13.2 Å². The van der Waals surface area contributed by atoms with E-state index in [0.29, 0.717) is 25.4 Å². The number of likely N-dealkylation sites (tertiary alicyclic amines) is 1. The van der Waals surface area contributed by atoms with E-state index in [1.165, 1.54) is 18.4 Å². The van der Waals surface area contributed by atoms with Crippen LogP contribution in [0.4, 0.5) is 4.79 Å². The molecule has 3 heterocycles. The van der Waals surface area contributed by atoms with Crippen LogP contribution in [0.25, 0.3) is 11.1 Å². The number of aryl methyl sites for hydroxylation is 1. The van der Waals surface area contributed by atoms with Crippen molar-refractivity contribution in [1.82, 2.24) is 9.88 Å². The lowest BCUT2D eigenvalue weighted by Gasteiger charge is -2.44. The highest BCUT2D eigenvalue weighted by molar-refractivity contribution is 7.89. The molecule has 0 unspecified atom stereocenters. The lowest BCUT2D eigenvalue weighted by atomic mass is 9.82. The van der Waals surface area contributed by atoms with E-state index in [1.54, 1.807) is 24.4 Å². The number of hydrogen-bond acceptors (Lipinski definition) is 6. The van der Waals surface area contributed by atoms with Gasteiger partial charge in [0.2, 0.25) is 0 Å². The Labute approximate surface area is 243 Å². The number of pyridine rings is 1. The molecule has 1 saturated heterocycles. The largest absolute Gasteiger partial charge is 0.487 e. The summed E-state index contributed by atoms with van der Waals surface area (Å²) in [6.07, 6.45) is 9.26. The molecule has 41 heavy (non-hydrogen) atoms. The summed E-state index contributed by atoms with van der Waals surface area (Å²) in [4.78, 5) is 18.4. The number of ether oxygens (including phenoxy) is 2. The molecule has 2 aliphatic heterocycles. The monoisotopic (exact) mass is 576 g/mol. The Hall–Kier alpha value is -3.39. The van der Waals surface area contributed by atoms with Gasteiger partial charge in [0.15, 0.2) is 9.84 Å². The number of benzene rings is 2. The van der Waals surface area contributed by atoms with Gasteiger partial charge in [-0.05, 0) is 65.8 Å². The molecule has 5 rings (SSSR count). The van der Waals surface area contributed by atoms with Gasteiger partial charge >= 0.3 is 6.09 Å². The van der Waals surface area contributed by atoms with Gasteiger partial charge in [0, 0.05) is 32.1 Å². The number of nitrogens with zero attached hydrogens (tertiary/aromatic N) is 2. The maximum absolute atomic E-state index is 12.7. The fourth-order valence-electron chi connectivity index (χ4n) is 5.74. The van der Waals surface area contributed by atoms with E-state index in [4.69, 9.17) is 9.47 Å². The molecule has 218 valence electrons. The van der Waals surface area contributed by atoms with Gasteiger partial charge < -0.3 is 14.4 Å². The van der Waals surface area contributed by atoms with Crippen molar-refractivity contribution in [3.63, 3.8) is 0 Å². The topological polar surface area (TPSA) is 85.8 Å². The van der Waals surface area contributed by atoms with Crippen molar-refractivity contribution in [2.45, 2.75) is 75.4 Å². The van der Waals surface area contributed by atoms with Crippen molar-refractivity contribution >= 4 is 15.9 Å². The van der Waals surface area contributed by atoms with Gasteiger partial charge in [0.1, 0.15) is 11.4 Å². The predicted octanol–water partition coefficient (Wildman–Crippen LogP) is 6.74. The van der Waals surface area contributed by atoms with Crippen molar-refractivity contribution in [3.05, 3.63) is 83.7 Å². The normalized spacial score (nSPS) is 16.2. The van der Waals surface area contributed by atoms with Gasteiger partial charge in [-0.2, -0.15) is 0 Å². The maximum Gasteiger partial charge on any atom is 0.409 e. The van der Waals surface area contributed by atoms with E-state index in [-0.39, 0.29) is 23.2 Å². The number of rotatable bonds is 10. The molecule has 0 bridgehead atoms.